The monoisotopic (exact) mass is 380 g/mol. The quantitative estimate of drug-likeness (QED) is 0.421. The Labute approximate surface area is 171 Å². The van der Waals surface area contributed by atoms with E-state index in [9.17, 15) is 0 Å². The van der Waals surface area contributed by atoms with Gasteiger partial charge in [-0.05, 0) is 67.3 Å². The second kappa shape index (κ2) is 7.25. The van der Waals surface area contributed by atoms with Crippen LogP contribution in [0.3, 0.4) is 0 Å². The minimum absolute atomic E-state index is 0.847. The molecule has 5 rings (SSSR count). The fourth-order valence-electron chi connectivity index (χ4n) is 4.24. The van der Waals surface area contributed by atoms with Gasteiger partial charge in [-0.25, -0.2) is 0 Å². The molecule has 3 aromatic carbocycles. The Morgan fingerprint density at radius 2 is 1.69 bits per heavy atom. The van der Waals surface area contributed by atoms with Crippen molar-refractivity contribution in [3.8, 4) is 11.5 Å². The van der Waals surface area contributed by atoms with Crippen molar-refractivity contribution in [3.63, 3.8) is 0 Å². The molecule has 0 bridgehead atoms. The molecular weight excluding hydrogens is 356 g/mol. The molecule has 1 aliphatic heterocycles. The predicted molar refractivity (Wildman–Crippen MR) is 119 cm³/mol. The molecule has 0 saturated heterocycles. The van der Waals surface area contributed by atoms with Gasteiger partial charge in [-0.2, -0.15) is 0 Å². The third kappa shape index (κ3) is 3.33. The van der Waals surface area contributed by atoms with Crippen LogP contribution in [0.15, 0.2) is 72.8 Å². The Kier molecular flexibility index (Phi) is 4.44. The van der Waals surface area contributed by atoms with Gasteiger partial charge in [0.1, 0.15) is 11.5 Å². The van der Waals surface area contributed by atoms with Gasteiger partial charge in [0.2, 0.25) is 0 Å². The van der Waals surface area contributed by atoms with Crippen molar-refractivity contribution in [2.24, 2.45) is 0 Å². The number of fused-ring (bicyclic) bond motifs is 3. The fourth-order valence-corrected chi connectivity index (χ4v) is 4.24. The van der Waals surface area contributed by atoms with E-state index in [4.69, 9.17) is 9.72 Å². The Bertz CT molecular complexity index is 1180. The van der Waals surface area contributed by atoms with Crippen molar-refractivity contribution in [2.75, 3.05) is 11.4 Å². The standard InChI is InChI=1S/C26H24N2O/c1-18-8-6-7-9-20(18)17-28-15-14-23-19(2)27-25-13-12-22(16-24(25)26(23)28)29-21-10-4-3-5-11-21/h3-13,16H,14-15,17H2,1-2H3. The van der Waals surface area contributed by atoms with E-state index in [1.165, 1.54) is 27.8 Å². The largest absolute Gasteiger partial charge is 0.457 e. The predicted octanol–water partition coefficient (Wildman–Crippen LogP) is 6.21. The normalized spacial score (nSPS) is 13.0. The number of aromatic nitrogens is 1. The first-order valence-corrected chi connectivity index (χ1v) is 10.1. The first kappa shape index (κ1) is 17.7. The highest BCUT2D eigenvalue weighted by Gasteiger charge is 2.25. The average molecular weight is 380 g/mol. The average Bonchev–Trinajstić information content (AvgIpc) is 3.16. The van der Waals surface area contributed by atoms with Gasteiger partial charge < -0.3 is 9.64 Å². The molecule has 4 aromatic rings. The lowest BCUT2D eigenvalue weighted by atomic mass is 10.1. The number of aryl methyl sites for hydroxylation is 2. The molecule has 3 heteroatoms. The molecule has 29 heavy (non-hydrogen) atoms. The summed E-state index contributed by atoms with van der Waals surface area (Å²) < 4.78 is 6.10. The van der Waals surface area contributed by atoms with Gasteiger partial charge in [0.25, 0.3) is 0 Å². The van der Waals surface area contributed by atoms with Crippen LogP contribution in [0.2, 0.25) is 0 Å². The summed E-state index contributed by atoms with van der Waals surface area (Å²) >= 11 is 0. The van der Waals surface area contributed by atoms with Crippen molar-refractivity contribution in [1.29, 1.82) is 0 Å². The summed E-state index contributed by atoms with van der Waals surface area (Å²) in [6, 6.07) is 24.8. The first-order valence-electron chi connectivity index (χ1n) is 10.1. The number of nitrogens with zero attached hydrogens (tertiary/aromatic N) is 2. The molecule has 1 aliphatic rings. The van der Waals surface area contributed by atoms with E-state index in [0.717, 1.165) is 42.2 Å². The van der Waals surface area contributed by atoms with E-state index in [1.807, 2.05) is 36.4 Å². The minimum Gasteiger partial charge on any atom is -0.457 e. The SMILES string of the molecule is Cc1ccccc1CN1CCc2c(C)nc3ccc(Oc4ccccc4)cc3c21. The van der Waals surface area contributed by atoms with Crippen LogP contribution in [0.25, 0.3) is 10.9 Å². The highest BCUT2D eigenvalue weighted by atomic mass is 16.5. The van der Waals surface area contributed by atoms with Crippen LogP contribution in [0, 0.1) is 13.8 Å². The molecule has 0 aliphatic carbocycles. The lowest BCUT2D eigenvalue weighted by Gasteiger charge is -2.23. The molecule has 0 amide bonds. The zero-order valence-corrected chi connectivity index (χ0v) is 16.9. The molecule has 0 fully saturated rings. The molecule has 3 nitrogen and oxygen atoms in total. The summed E-state index contributed by atoms with van der Waals surface area (Å²) in [5, 5.41) is 1.17. The fraction of sp³-hybridized carbons (Fsp3) is 0.192. The van der Waals surface area contributed by atoms with Gasteiger partial charge in [-0.1, -0.05) is 42.5 Å². The van der Waals surface area contributed by atoms with Crippen LogP contribution < -0.4 is 9.64 Å². The van der Waals surface area contributed by atoms with Crippen LogP contribution in [0.5, 0.6) is 11.5 Å². The lowest BCUT2D eigenvalue weighted by molar-refractivity contribution is 0.483. The van der Waals surface area contributed by atoms with Gasteiger partial charge in [0, 0.05) is 24.2 Å². The third-order valence-electron chi connectivity index (χ3n) is 5.78. The molecular formula is C26H24N2O. The second-order valence-electron chi connectivity index (χ2n) is 7.72. The molecule has 2 heterocycles. The van der Waals surface area contributed by atoms with Crippen LogP contribution in [0.1, 0.15) is 22.4 Å². The van der Waals surface area contributed by atoms with Gasteiger partial charge in [0.15, 0.2) is 0 Å². The van der Waals surface area contributed by atoms with E-state index in [0.29, 0.717) is 0 Å². The zero-order valence-electron chi connectivity index (χ0n) is 16.9. The summed E-state index contributed by atoms with van der Waals surface area (Å²) in [5.41, 5.74) is 7.55. The number of hydrogen-bond donors (Lipinski definition) is 0. The van der Waals surface area contributed by atoms with Crippen LogP contribution in [-0.4, -0.2) is 11.5 Å². The van der Waals surface area contributed by atoms with Crippen molar-refractivity contribution in [3.05, 3.63) is 95.2 Å². The van der Waals surface area contributed by atoms with Gasteiger partial charge in [0.05, 0.1) is 11.2 Å². The van der Waals surface area contributed by atoms with E-state index < -0.39 is 0 Å². The van der Waals surface area contributed by atoms with Crippen LogP contribution >= 0.6 is 0 Å². The summed E-state index contributed by atoms with van der Waals surface area (Å²) in [6.45, 7) is 6.26. The number of anilines is 1. The van der Waals surface area contributed by atoms with E-state index in [-0.39, 0.29) is 0 Å². The molecule has 0 saturated carbocycles. The van der Waals surface area contributed by atoms with Gasteiger partial charge in [-0.3, -0.25) is 4.98 Å². The Hall–Kier alpha value is -3.33. The van der Waals surface area contributed by atoms with Crippen LogP contribution in [0.4, 0.5) is 5.69 Å². The van der Waals surface area contributed by atoms with E-state index in [2.05, 4.69) is 55.1 Å². The maximum absolute atomic E-state index is 6.10. The number of ether oxygens (including phenoxy) is 1. The molecule has 0 atom stereocenters. The van der Waals surface area contributed by atoms with Gasteiger partial charge >= 0.3 is 0 Å². The number of pyridine rings is 1. The molecule has 1 aromatic heterocycles. The van der Waals surface area contributed by atoms with E-state index >= 15 is 0 Å². The van der Waals surface area contributed by atoms with Crippen molar-refractivity contribution in [2.45, 2.75) is 26.8 Å². The van der Waals surface area contributed by atoms with Gasteiger partial charge in [-0.15, -0.1) is 0 Å². The zero-order chi connectivity index (χ0) is 19.8. The highest BCUT2D eigenvalue weighted by molar-refractivity contribution is 5.96. The highest BCUT2D eigenvalue weighted by Crippen LogP contribution is 2.39. The smallest absolute Gasteiger partial charge is 0.128 e. The molecule has 0 unspecified atom stereocenters. The number of hydrogen-bond acceptors (Lipinski definition) is 3. The maximum atomic E-state index is 6.10. The molecule has 144 valence electrons. The number of benzene rings is 3. The van der Waals surface area contributed by atoms with Crippen LogP contribution in [-0.2, 0) is 13.0 Å². The van der Waals surface area contributed by atoms with Crippen molar-refractivity contribution >= 4 is 16.6 Å². The van der Waals surface area contributed by atoms with E-state index in [1.54, 1.807) is 0 Å². The Morgan fingerprint density at radius 3 is 2.52 bits per heavy atom. The summed E-state index contributed by atoms with van der Waals surface area (Å²) in [4.78, 5) is 7.37. The molecule has 0 radical (unpaired) electrons. The minimum atomic E-state index is 0.847. The topological polar surface area (TPSA) is 25.4 Å². The summed E-state index contributed by atoms with van der Waals surface area (Å²) in [7, 11) is 0. The summed E-state index contributed by atoms with van der Waals surface area (Å²) in [5.74, 6) is 1.69. The number of rotatable bonds is 4. The molecule has 0 spiro atoms. The Morgan fingerprint density at radius 1 is 0.897 bits per heavy atom. The number of para-hydroxylation sites is 1. The Balaban J connectivity index is 1.58. The molecule has 0 N–H and O–H groups in total. The van der Waals surface area contributed by atoms with Crippen molar-refractivity contribution in [1.82, 2.24) is 4.98 Å². The van der Waals surface area contributed by atoms with Crippen molar-refractivity contribution < 1.29 is 4.74 Å². The maximum Gasteiger partial charge on any atom is 0.128 e. The lowest BCUT2D eigenvalue weighted by Crippen LogP contribution is -2.20. The first-order chi connectivity index (χ1) is 14.2. The summed E-state index contributed by atoms with van der Waals surface area (Å²) in [6.07, 6.45) is 1.04. The third-order valence-corrected chi connectivity index (χ3v) is 5.78. The second-order valence-corrected chi connectivity index (χ2v) is 7.72.